The van der Waals surface area contributed by atoms with Gasteiger partial charge >= 0.3 is 23.9 Å². The van der Waals surface area contributed by atoms with Crippen LogP contribution < -0.4 is 0 Å². The highest BCUT2D eigenvalue weighted by molar-refractivity contribution is 6.66. The number of aliphatic carboxylic acids is 2. The van der Waals surface area contributed by atoms with Gasteiger partial charge in [0, 0.05) is 12.3 Å². The van der Waals surface area contributed by atoms with Crippen LogP contribution in [0.5, 0.6) is 0 Å². The Kier molecular flexibility index (Phi) is 13.4. The van der Waals surface area contributed by atoms with Gasteiger partial charge in [-0.05, 0) is 23.2 Å². The van der Waals surface area contributed by atoms with E-state index in [0.717, 1.165) is 0 Å². The summed E-state index contributed by atoms with van der Waals surface area (Å²) in [5, 5.41) is 15.2. The van der Waals surface area contributed by atoms with Gasteiger partial charge in [0.2, 0.25) is 10.5 Å². The molecule has 11 heteroatoms. The van der Waals surface area contributed by atoms with Crippen molar-refractivity contribution in [3.8, 4) is 0 Å². The van der Waals surface area contributed by atoms with Crippen LogP contribution in [0, 0.1) is 17.8 Å². The van der Waals surface area contributed by atoms with Crippen molar-refractivity contribution in [2.45, 2.75) is 40.0 Å². The van der Waals surface area contributed by atoms with Crippen molar-refractivity contribution in [1.82, 2.24) is 0 Å². The topological polar surface area (TPSA) is 152 Å². The van der Waals surface area contributed by atoms with E-state index in [1.54, 1.807) is 13.8 Å². The summed E-state index contributed by atoms with van der Waals surface area (Å²) in [6, 6.07) is 0. The van der Waals surface area contributed by atoms with E-state index in [-0.39, 0.29) is 25.2 Å². The number of cyclic esters (lactones) is 2. The van der Waals surface area contributed by atoms with Gasteiger partial charge in [-0.25, -0.2) is 0 Å². The Morgan fingerprint density at radius 3 is 1.69 bits per heavy atom. The molecule has 3 unspecified atom stereocenters. The number of rotatable bonds is 6. The molecule has 1 rings (SSSR count). The summed E-state index contributed by atoms with van der Waals surface area (Å²) in [7, 11) is 0. The van der Waals surface area contributed by atoms with Crippen molar-refractivity contribution >= 4 is 57.6 Å². The summed E-state index contributed by atoms with van der Waals surface area (Å²) in [5.41, 5.74) is 0. The van der Waals surface area contributed by atoms with Gasteiger partial charge < -0.3 is 14.9 Å². The van der Waals surface area contributed by atoms with Gasteiger partial charge in [0.25, 0.3) is 0 Å². The number of halogens is 2. The van der Waals surface area contributed by atoms with E-state index < -0.39 is 46.2 Å². The Hall–Kier alpha value is -2.00. The molecule has 9 nitrogen and oxygen atoms in total. The third-order valence-corrected chi connectivity index (χ3v) is 3.37. The van der Waals surface area contributed by atoms with E-state index in [9.17, 15) is 28.8 Å². The van der Waals surface area contributed by atoms with Crippen molar-refractivity contribution in [1.29, 1.82) is 0 Å². The van der Waals surface area contributed by atoms with Gasteiger partial charge in [-0.1, -0.05) is 20.8 Å². The normalized spacial score (nSPS) is 17.5. The molecule has 148 valence electrons. The van der Waals surface area contributed by atoms with Crippen molar-refractivity contribution in [3.05, 3.63) is 0 Å². The first-order valence-corrected chi connectivity index (χ1v) is 8.10. The maximum atomic E-state index is 10.3. The molecule has 26 heavy (non-hydrogen) atoms. The average Bonchev–Trinajstić information content (AvgIpc) is 2.75. The fourth-order valence-electron chi connectivity index (χ4n) is 1.26. The van der Waals surface area contributed by atoms with Gasteiger partial charge in [-0.2, -0.15) is 0 Å². The molecular formula is C15H20Cl2O9. The fraction of sp³-hybridized carbons (Fsp3) is 0.600. The molecule has 0 aromatic rings. The first-order chi connectivity index (χ1) is 11.8. The molecule has 0 bridgehead atoms. The lowest BCUT2D eigenvalue weighted by molar-refractivity contribution is -0.153. The lowest BCUT2D eigenvalue weighted by Gasteiger charge is -1.98. The van der Waals surface area contributed by atoms with E-state index in [2.05, 4.69) is 4.74 Å². The molecule has 0 aromatic heterocycles. The van der Waals surface area contributed by atoms with Crippen molar-refractivity contribution in [2.24, 2.45) is 17.8 Å². The monoisotopic (exact) mass is 414 g/mol. The van der Waals surface area contributed by atoms with Crippen LogP contribution >= 0.6 is 23.2 Å². The highest BCUT2D eigenvalue weighted by Crippen LogP contribution is 2.13. The summed E-state index contributed by atoms with van der Waals surface area (Å²) in [6.07, 6.45) is -0.0436. The Morgan fingerprint density at radius 2 is 1.58 bits per heavy atom. The minimum atomic E-state index is -1.08. The van der Waals surface area contributed by atoms with Crippen LogP contribution in [0.4, 0.5) is 0 Å². The predicted molar refractivity (Wildman–Crippen MR) is 89.4 cm³/mol. The predicted octanol–water partition coefficient (Wildman–Crippen LogP) is 1.82. The third kappa shape index (κ3) is 14.4. The molecule has 1 aliphatic rings. The van der Waals surface area contributed by atoms with Crippen LogP contribution in [-0.4, -0.2) is 44.6 Å². The quantitative estimate of drug-likeness (QED) is 0.376. The van der Waals surface area contributed by atoms with Crippen LogP contribution in [-0.2, 0) is 33.5 Å². The van der Waals surface area contributed by atoms with Crippen molar-refractivity contribution in [3.63, 3.8) is 0 Å². The number of carboxylic acids is 2. The summed E-state index contributed by atoms with van der Waals surface area (Å²) in [5.74, 6) is -4.42. The zero-order chi connectivity index (χ0) is 21.0. The van der Waals surface area contributed by atoms with Crippen LogP contribution in [0.2, 0.25) is 0 Å². The Bertz CT molecular complexity index is 527. The van der Waals surface area contributed by atoms with Crippen LogP contribution in [0.3, 0.4) is 0 Å². The molecule has 0 aliphatic carbocycles. The first kappa shape index (κ1) is 26.2. The number of hydrogen-bond donors (Lipinski definition) is 2. The SMILES string of the molecule is CC(CC(=O)Cl)C(=O)Cl.CC(CC(=O)O)C(=O)O.CC1CC(=O)OC1=O. The Morgan fingerprint density at radius 1 is 1.08 bits per heavy atom. The van der Waals surface area contributed by atoms with Gasteiger partial charge in [-0.15, -0.1) is 0 Å². The van der Waals surface area contributed by atoms with E-state index in [1.165, 1.54) is 6.92 Å². The third-order valence-electron chi connectivity index (χ3n) is 2.85. The number of carbonyl (C=O) groups is 6. The summed E-state index contributed by atoms with van der Waals surface area (Å²) >= 11 is 9.99. The number of ether oxygens (including phenoxy) is 1. The molecule has 1 saturated heterocycles. The fourth-order valence-corrected chi connectivity index (χ4v) is 1.57. The van der Waals surface area contributed by atoms with Crippen molar-refractivity contribution in [2.75, 3.05) is 0 Å². The largest absolute Gasteiger partial charge is 0.481 e. The summed E-state index contributed by atoms with van der Waals surface area (Å²) in [6.45, 7) is 4.58. The van der Waals surface area contributed by atoms with E-state index in [1.807, 2.05) is 0 Å². The molecule has 0 amide bonds. The maximum Gasteiger partial charge on any atom is 0.316 e. The molecule has 0 aromatic carbocycles. The first-order valence-electron chi connectivity index (χ1n) is 7.34. The lowest BCUT2D eigenvalue weighted by Crippen LogP contribution is -2.13. The molecule has 1 aliphatic heterocycles. The molecule has 0 spiro atoms. The molecule has 3 atom stereocenters. The lowest BCUT2D eigenvalue weighted by atomic mass is 10.1. The van der Waals surface area contributed by atoms with E-state index in [4.69, 9.17) is 33.4 Å². The average molecular weight is 415 g/mol. The van der Waals surface area contributed by atoms with Gasteiger partial charge in [-0.3, -0.25) is 28.8 Å². The highest BCUT2D eigenvalue weighted by atomic mass is 35.5. The minimum absolute atomic E-state index is 0.0177. The van der Waals surface area contributed by atoms with Gasteiger partial charge in [0.1, 0.15) is 0 Å². The molecule has 2 N–H and O–H groups in total. The number of hydrogen-bond acceptors (Lipinski definition) is 7. The minimum Gasteiger partial charge on any atom is -0.481 e. The second-order valence-corrected chi connectivity index (χ2v) is 6.29. The number of carbonyl (C=O) groups excluding carboxylic acids is 4. The zero-order valence-corrected chi connectivity index (χ0v) is 15.9. The zero-order valence-electron chi connectivity index (χ0n) is 14.4. The van der Waals surface area contributed by atoms with Crippen molar-refractivity contribution < 1.29 is 43.7 Å². The Labute approximate surface area is 159 Å². The second kappa shape index (κ2) is 13.2. The van der Waals surface area contributed by atoms with Crippen LogP contribution in [0.1, 0.15) is 40.0 Å². The van der Waals surface area contributed by atoms with E-state index >= 15 is 0 Å². The number of carboxylic acid groups (broad SMARTS) is 2. The summed E-state index contributed by atoms with van der Waals surface area (Å²) in [4.78, 5) is 60.7. The number of esters is 2. The van der Waals surface area contributed by atoms with Gasteiger partial charge in [0.05, 0.1) is 24.7 Å². The molecule has 1 fully saturated rings. The molecule has 0 saturated carbocycles. The molecular weight excluding hydrogens is 395 g/mol. The van der Waals surface area contributed by atoms with Gasteiger partial charge in [0.15, 0.2) is 0 Å². The summed E-state index contributed by atoms with van der Waals surface area (Å²) < 4.78 is 4.20. The Balaban J connectivity index is 0. The highest BCUT2D eigenvalue weighted by Gasteiger charge is 2.28. The maximum absolute atomic E-state index is 10.3. The molecule has 0 radical (unpaired) electrons. The second-order valence-electron chi connectivity index (χ2n) is 5.50. The van der Waals surface area contributed by atoms with Crippen LogP contribution in [0.25, 0.3) is 0 Å². The standard InChI is InChI=1S/C5H6Cl2O2.C5H8O4.C5H6O3/c1-3(5(7)9)2-4(6)8;1-3(5(8)9)2-4(6)7;1-3-2-4(6)8-5(3)7/h3H,2H2,1H3;3H,2H2,1H3,(H,6,7)(H,8,9);3H,2H2,1H3. The smallest absolute Gasteiger partial charge is 0.316 e. The van der Waals surface area contributed by atoms with E-state index in [0.29, 0.717) is 0 Å². The van der Waals surface area contributed by atoms with Crippen LogP contribution in [0.15, 0.2) is 0 Å². The molecule has 1 heterocycles.